The molecular weight excluding hydrogens is 393 g/mol. The molecule has 148 valence electrons. The Labute approximate surface area is 146 Å². The Morgan fingerprint density at radius 2 is 1.54 bits per heavy atom. The van der Waals surface area contributed by atoms with Gasteiger partial charge in [-0.2, -0.15) is 26.3 Å². The first-order chi connectivity index (χ1) is 11.6. The van der Waals surface area contributed by atoms with Crippen molar-refractivity contribution < 1.29 is 44.8 Å². The summed E-state index contributed by atoms with van der Waals surface area (Å²) in [6.07, 6.45) is -12.8. The summed E-state index contributed by atoms with van der Waals surface area (Å²) < 4.78 is 105. The number of carbonyl (C=O) groups is 1. The zero-order chi connectivity index (χ0) is 20.7. The highest BCUT2D eigenvalue weighted by molar-refractivity contribution is 7.85. The monoisotopic (exact) mass is 408 g/mol. The molecule has 0 aliphatic rings. The van der Waals surface area contributed by atoms with Crippen LogP contribution in [0.5, 0.6) is 0 Å². The normalized spacial score (nSPS) is 14.6. The molecule has 0 radical (unpaired) electrons. The first kappa shape index (κ1) is 22.4. The maximum absolute atomic E-state index is 14.5. The first-order valence-electron chi connectivity index (χ1n) is 7.13. The van der Waals surface area contributed by atoms with Gasteiger partial charge in [0.1, 0.15) is 0 Å². The predicted molar refractivity (Wildman–Crippen MR) is 79.1 cm³/mol. The van der Waals surface area contributed by atoms with Gasteiger partial charge >= 0.3 is 24.0 Å². The summed E-state index contributed by atoms with van der Waals surface area (Å²) in [5, 5.41) is 9.03. The summed E-state index contributed by atoms with van der Waals surface area (Å²) in [6.45, 7) is 3.90. The van der Waals surface area contributed by atoms with E-state index in [1.165, 1.54) is 13.8 Å². The van der Waals surface area contributed by atoms with Crippen molar-refractivity contribution in [2.45, 2.75) is 43.7 Å². The van der Waals surface area contributed by atoms with Crippen molar-refractivity contribution in [1.29, 1.82) is 0 Å². The van der Waals surface area contributed by atoms with E-state index in [2.05, 4.69) is 0 Å². The summed E-state index contributed by atoms with van der Waals surface area (Å²) in [4.78, 5) is 10.0. The summed E-state index contributed by atoms with van der Waals surface area (Å²) >= 11 is 0. The third-order valence-corrected chi connectivity index (χ3v) is 5.45. The van der Waals surface area contributed by atoms with Crippen molar-refractivity contribution in [2.75, 3.05) is 5.75 Å². The number of carboxylic acid groups (broad SMARTS) is 1. The van der Waals surface area contributed by atoms with E-state index in [1.54, 1.807) is 0 Å². The molecule has 11 heteroatoms. The molecule has 0 aliphatic carbocycles. The summed E-state index contributed by atoms with van der Waals surface area (Å²) in [5.74, 6) is -2.44. The lowest BCUT2D eigenvalue weighted by Gasteiger charge is -2.32. The summed E-state index contributed by atoms with van der Waals surface area (Å²) in [6, 6.07) is 0.528. The maximum Gasteiger partial charge on any atom is 0.435 e. The number of carboxylic acids is 1. The van der Waals surface area contributed by atoms with E-state index in [9.17, 15) is 39.7 Å². The molecule has 0 unspecified atom stereocenters. The number of hydrogen-bond donors (Lipinski definition) is 1. The Bertz CT molecular complexity index is 709. The molecule has 0 aliphatic heterocycles. The Kier molecular flexibility index (Phi) is 6.17. The average Bonchev–Trinajstić information content (AvgIpc) is 2.41. The van der Waals surface area contributed by atoms with Gasteiger partial charge in [0.05, 0.1) is 16.4 Å². The predicted octanol–water partition coefficient (Wildman–Crippen LogP) is 4.75. The van der Waals surface area contributed by atoms with Gasteiger partial charge in [-0.05, 0) is 24.5 Å². The van der Waals surface area contributed by atoms with Gasteiger partial charge in [-0.3, -0.25) is 4.21 Å². The fourth-order valence-corrected chi connectivity index (χ4v) is 4.02. The van der Waals surface area contributed by atoms with E-state index in [4.69, 9.17) is 5.11 Å². The molecule has 0 amide bonds. The van der Waals surface area contributed by atoms with Crippen LogP contribution in [0.15, 0.2) is 17.0 Å². The minimum absolute atomic E-state index is 0.0883. The number of benzene rings is 1. The van der Waals surface area contributed by atoms with Crippen LogP contribution in [0, 0.1) is 12.8 Å². The largest absolute Gasteiger partial charge is 0.478 e. The Hall–Kier alpha value is -1.65. The number of aromatic carboxylic acids is 1. The third kappa shape index (κ3) is 3.86. The SMILES string of the molecule is Cc1c(C(=O)O)ccc(C(F)(C(F)(F)F)C(F)(F)F)c1[S@@](=O)CC(C)C. The van der Waals surface area contributed by atoms with E-state index < -0.39 is 62.3 Å². The van der Waals surface area contributed by atoms with E-state index >= 15 is 0 Å². The van der Waals surface area contributed by atoms with Gasteiger partial charge in [-0.1, -0.05) is 19.9 Å². The van der Waals surface area contributed by atoms with Gasteiger partial charge in [0.25, 0.3) is 0 Å². The lowest BCUT2D eigenvalue weighted by molar-refractivity contribution is -0.349. The maximum atomic E-state index is 14.5. The van der Waals surface area contributed by atoms with Crippen molar-refractivity contribution in [3.63, 3.8) is 0 Å². The molecule has 0 bridgehead atoms. The minimum atomic E-state index is -6.39. The molecule has 1 rings (SSSR count). The quantitative estimate of drug-likeness (QED) is 0.716. The topological polar surface area (TPSA) is 54.4 Å². The lowest BCUT2D eigenvalue weighted by Crippen LogP contribution is -2.51. The molecule has 3 nitrogen and oxygen atoms in total. The van der Waals surface area contributed by atoms with Gasteiger partial charge in [0, 0.05) is 16.2 Å². The molecule has 0 fully saturated rings. The molecule has 26 heavy (non-hydrogen) atoms. The van der Waals surface area contributed by atoms with Gasteiger partial charge in [0.2, 0.25) is 0 Å². The van der Waals surface area contributed by atoms with Crippen molar-refractivity contribution in [2.24, 2.45) is 5.92 Å². The second-order valence-electron chi connectivity index (χ2n) is 5.98. The number of halogens is 7. The van der Waals surface area contributed by atoms with E-state index in [-0.39, 0.29) is 11.8 Å². The zero-order valence-corrected chi connectivity index (χ0v) is 14.6. The lowest BCUT2D eigenvalue weighted by atomic mass is 9.91. The summed E-state index contributed by atoms with van der Waals surface area (Å²) in [5.41, 5.74) is -8.96. The molecule has 0 heterocycles. The van der Waals surface area contributed by atoms with E-state index in [1.807, 2.05) is 0 Å². The zero-order valence-electron chi connectivity index (χ0n) is 13.8. The highest BCUT2D eigenvalue weighted by atomic mass is 32.2. The van der Waals surface area contributed by atoms with Gasteiger partial charge in [-0.25, -0.2) is 9.18 Å². The molecule has 1 N–H and O–H groups in total. The van der Waals surface area contributed by atoms with Gasteiger partial charge < -0.3 is 5.11 Å². The van der Waals surface area contributed by atoms with E-state index in [0.717, 1.165) is 6.92 Å². The van der Waals surface area contributed by atoms with Crippen molar-refractivity contribution in [3.8, 4) is 0 Å². The van der Waals surface area contributed by atoms with Crippen molar-refractivity contribution >= 4 is 16.8 Å². The van der Waals surface area contributed by atoms with Crippen LogP contribution in [0.2, 0.25) is 0 Å². The van der Waals surface area contributed by atoms with Crippen LogP contribution in [-0.2, 0) is 16.5 Å². The molecule has 1 aromatic rings. The van der Waals surface area contributed by atoms with Crippen LogP contribution in [0.25, 0.3) is 0 Å². The molecular formula is C15H15F7O3S. The van der Waals surface area contributed by atoms with Crippen molar-refractivity contribution in [1.82, 2.24) is 0 Å². The van der Waals surface area contributed by atoms with Crippen LogP contribution in [0.4, 0.5) is 30.7 Å². The van der Waals surface area contributed by atoms with Crippen LogP contribution in [0.1, 0.15) is 35.3 Å². The molecule has 0 aromatic heterocycles. The van der Waals surface area contributed by atoms with Crippen LogP contribution in [0.3, 0.4) is 0 Å². The Morgan fingerprint density at radius 1 is 1.08 bits per heavy atom. The van der Waals surface area contributed by atoms with Crippen LogP contribution in [-0.4, -0.2) is 33.4 Å². The highest BCUT2D eigenvalue weighted by Crippen LogP contribution is 2.55. The standard InChI is InChI=1S/C15H15F7O3S/c1-7(2)6-26(25)11-8(3)9(12(23)24)4-5-10(11)13(16,14(17,18)19)15(20,21)22/h4-5,7H,6H2,1-3H3,(H,23,24)/t26-/m0/s1. The number of hydrogen-bond acceptors (Lipinski definition) is 2. The fraction of sp³-hybridized carbons (Fsp3) is 0.533. The Morgan fingerprint density at radius 3 is 1.88 bits per heavy atom. The first-order valence-corrected chi connectivity index (χ1v) is 8.45. The molecule has 1 aromatic carbocycles. The second-order valence-corrected chi connectivity index (χ2v) is 7.41. The fourth-order valence-electron chi connectivity index (χ4n) is 2.34. The number of rotatable bonds is 5. The van der Waals surface area contributed by atoms with Gasteiger partial charge in [0.15, 0.2) is 0 Å². The molecule has 1 atom stereocenters. The van der Waals surface area contributed by atoms with E-state index in [0.29, 0.717) is 6.07 Å². The summed E-state index contributed by atoms with van der Waals surface area (Å²) in [7, 11) is -2.48. The number of alkyl halides is 7. The Balaban J connectivity index is 3.94. The van der Waals surface area contributed by atoms with Crippen molar-refractivity contribution in [3.05, 3.63) is 28.8 Å². The third-order valence-electron chi connectivity index (χ3n) is 3.50. The smallest absolute Gasteiger partial charge is 0.435 e. The van der Waals surface area contributed by atoms with Gasteiger partial charge in [-0.15, -0.1) is 0 Å². The average molecular weight is 408 g/mol. The molecule has 0 saturated heterocycles. The minimum Gasteiger partial charge on any atom is -0.478 e. The molecule has 0 saturated carbocycles. The van der Waals surface area contributed by atoms with Crippen LogP contribution >= 0.6 is 0 Å². The second kappa shape index (κ2) is 7.16. The van der Waals surface area contributed by atoms with Crippen LogP contribution < -0.4 is 0 Å². The molecule has 0 spiro atoms. The highest BCUT2D eigenvalue weighted by Gasteiger charge is 2.74.